The number of rotatable bonds is 7. The van der Waals surface area contributed by atoms with E-state index in [4.69, 9.17) is 0 Å². The van der Waals surface area contributed by atoms with E-state index in [1.807, 2.05) is 0 Å². The Morgan fingerprint density at radius 3 is 2.68 bits per heavy atom. The van der Waals surface area contributed by atoms with E-state index < -0.39 is 0 Å². The number of aryl methyl sites for hydroxylation is 1. The van der Waals surface area contributed by atoms with Crippen LogP contribution in [0.4, 0.5) is 0 Å². The fourth-order valence-corrected chi connectivity index (χ4v) is 3.69. The summed E-state index contributed by atoms with van der Waals surface area (Å²) in [4.78, 5) is 4.49. The third-order valence-corrected chi connectivity index (χ3v) is 5.17. The predicted octanol–water partition coefficient (Wildman–Crippen LogP) is 2.90. The van der Waals surface area contributed by atoms with Gasteiger partial charge in [-0.3, -0.25) is 0 Å². The van der Waals surface area contributed by atoms with E-state index in [1.54, 1.807) is 11.3 Å². The second-order valence-electron chi connectivity index (χ2n) is 5.70. The minimum atomic E-state index is 0.405. The molecule has 0 saturated heterocycles. The molecular formula is C15H27N3S. The molecule has 0 aromatic carbocycles. The first-order valence-electron chi connectivity index (χ1n) is 7.55. The highest BCUT2D eigenvalue weighted by atomic mass is 32.1. The molecule has 2 rings (SSSR count). The molecule has 1 fully saturated rings. The van der Waals surface area contributed by atoms with Crippen molar-refractivity contribution in [3.05, 3.63) is 16.1 Å². The monoisotopic (exact) mass is 281 g/mol. The molecule has 1 saturated carbocycles. The number of thiazole rings is 1. The number of nitrogens with one attached hydrogen (secondary N) is 2. The Kier molecular flexibility index (Phi) is 5.79. The van der Waals surface area contributed by atoms with Crippen LogP contribution < -0.4 is 10.6 Å². The van der Waals surface area contributed by atoms with Gasteiger partial charge in [0.25, 0.3) is 0 Å². The molecule has 19 heavy (non-hydrogen) atoms. The summed E-state index contributed by atoms with van der Waals surface area (Å²) >= 11 is 1.75. The minimum absolute atomic E-state index is 0.405. The van der Waals surface area contributed by atoms with Crippen LogP contribution in [0.15, 0.2) is 5.38 Å². The Morgan fingerprint density at radius 1 is 1.26 bits per heavy atom. The van der Waals surface area contributed by atoms with Gasteiger partial charge in [-0.15, -0.1) is 11.3 Å². The maximum atomic E-state index is 4.49. The van der Waals surface area contributed by atoms with Gasteiger partial charge in [0.2, 0.25) is 0 Å². The summed E-state index contributed by atoms with van der Waals surface area (Å²) < 4.78 is 0. The summed E-state index contributed by atoms with van der Waals surface area (Å²) in [5, 5.41) is 10.5. The molecule has 1 aliphatic carbocycles. The Labute approximate surface area is 121 Å². The number of hydrogen-bond acceptors (Lipinski definition) is 4. The number of nitrogens with zero attached hydrogens (tertiary/aromatic N) is 1. The van der Waals surface area contributed by atoms with Crippen molar-refractivity contribution in [1.29, 1.82) is 0 Å². The van der Waals surface area contributed by atoms with Gasteiger partial charge in [0.15, 0.2) is 0 Å². The zero-order valence-corrected chi connectivity index (χ0v) is 13.1. The third-order valence-electron chi connectivity index (χ3n) is 4.35. The van der Waals surface area contributed by atoms with Crippen LogP contribution in [0.3, 0.4) is 0 Å². The zero-order chi connectivity index (χ0) is 13.6. The SMILES string of the molecule is CNC1(CCNCCc2csc(C)n2)CCCCC1. The maximum absolute atomic E-state index is 4.49. The quantitative estimate of drug-likeness (QED) is 0.755. The van der Waals surface area contributed by atoms with Crippen molar-refractivity contribution in [2.75, 3.05) is 20.1 Å². The van der Waals surface area contributed by atoms with E-state index in [0.29, 0.717) is 5.54 Å². The lowest BCUT2D eigenvalue weighted by atomic mass is 9.79. The summed E-state index contributed by atoms with van der Waals surface area (Å²) in [6.45, 7) is 4.23. The molecule has 1 aliphatic rings. The number of aromatic nitrogens is 1. The van der Waals surface area contributed by atoms with Crippen LogP contribution in [0, 0.1) is 6.92 Å². The fraction of sp³-hybridized carbons (Fsp3) is 0.800. The molecule has 4 heteroatoms. The predicted molar refractivity (Wildman–Crippen MR) is 82.9 cm³/mol. The standard InChI is InChI=1S/C15H27N3S/c1-13-18-14(12-19-13)6-10-17-11-9-15(16-2)7-4-3-5-8-15/h12,16-17H,3-11H2,1-2H3. The van der Waals surface area contributed by atoms with Crippen molar-refractivity contribution >= 4 is 11.3 Å². The van der Waals surface area contributed by atoms with Crippen molar-refractivity contribution < 1.29 is 0 Å². The van der Waals surface area contributed by atoms with Crippen molar-refractivity contribution in [2.45, 2.75) is 57.4 Å². The number of hydrogen-bond donors (Lipinski definition) is 2. The summed E-state index contributed by atoms with van der Waals surface area (Å²) in [7, 11) is 2.13. The highest BCUT2D eigenvalue weighted by molar-refractivity contribution is 7.09. The average Bonchev–Trinajstić information content (AvgIpc) is 2.85. The van der Waals surface area contributed by atoms with Gasteiger partial charge in [-0.25, -0.2) is 4.98 Å². The highest BCUT2D eigenvalue weighted by Crippen LogP contribution is 2.30. The van der Waals surface area contributed by atoms with Crippen LogP contribution in [-0.2, 0) is 6.42 Å². The van der Waals surface area contributed by atoms with Crippen LogP contribution in [-0.4, -0.2) is 30.7 Å². The molecule has 0 amide bonds. The van der Waals surface area contributed by atoms with Crippen molar-refractivity contribution in [3.8, 4) is 0 Å². The summed E-state index contributed by atoms with van der Waals surface area (Å²) in [6, 6.07) is 0. The molecule has 0 atom stereocenters. The van der Waals surface area contributed by atoms with E-state index in [2.05, 4.69) is 35.0 Å². The normalized spacial score (nSPS) is 18.6. The van der Waals surface area contributed by atoms with Crippen molar-refractivity contribution in [2.24, 2.45) is 0 Å². The van der Waals surface area contributed by atoms with Gasteiger partial charge < -0.3 is 10.6 Å². The van der Waals surface area contributed by atoms with Crippen LogP contribution in [0.2, 0.25) is 0 Å². The Bertz CT molecular complexity index is 369. The molecule has 3 nitrogen and oxygen atoms in total. The molecule has 108 valence electrons. The van der Waals surface area contributed by atoms with Crippen molar-refractivity contribution in [3.63, 3.8) is 0 Å². The van der Waals surface area contributed by atoms with Gasteiger partial charge in [0.1, 0.15) is 0 Å². The van der Waals surface area contributed by atoms with Gasteiger partial charge in [0.05, 0.1) is 10.7 Å². The van der Waals surface area contributed by atoms with Gasteiger partial charge >= 0.3 is 0 Å². The van der Waals surface area contributed by atoms with Gasteiger partial charge in [0, 0.05) is 23.9 Å². The fourth-order valence-electron chi connectivity index (χ4n) is 3.05. The smallest absolute Gasteiger partial charge is 0.0897 e. The van der Waals surface area contributed by atoms with Crippen LogP contribution in [0.1, 0.15) is 49.2 Å². The molecule has 0 radical (unpaired) electrons. The van der Waals surface area contributed by atoms with E-state index in [0.717, 1.165) is 19.5 Å². The Balaban J connectivity index is 1.63. The van der Waals surface area contributed by atoms with E-state index in [-0.39, 0.29) is 0 Å². The molecule has 0 bridgehead atoms. The molecule has 0 aliphatic heterocycles. The average molecular weight is 281 g/mol. The Hall–Kier alpha value is -0.450. The molecule has 1 aromatic heterocycles. The topological polar surface area (TPSA) is 37.0 Å². The van der Waals surface area contributed by atoms with Crippen LogP contribution in [0.25, 0.3) is 0 Å². The molecular weight excluding hydrogens is 254 g/mol. The lowest BCUT2D eigenvalue weighted by molar-refractivity contribution is 0.228. The first kappa shape index (κ1) is 14.9. The van der Waals surface area contributed by atoms with Gasteiger partial charge in [-0.1, -0.05) is 19.3 Å². The van der Waals surface area contributed by atoms with Gasteiger partial charge in [-0.05, 0) is 39.8 Å². The van der Waals surface area contributed by atoms with E-state index in [9.17, 15) is 0 Å². The molecule has 0 unspecified atom stereocenters. The lowest BCUT2D eigenvalue weighted by Gasteiger charge is -2.37. The van der Waals surface area contributed by atoms with Crippen LogP contribution in [0.5, 0.6) is 0 Å². The maximum Gasteiger partial charge on any atom is 0.0897 e. The molecule has 2 N–H and O–H groups in total. The highest BCUT2D eigenvalue weighted by Gasteiger charge is 2.29. The summed E-state index contributed by atoms with van der Waals surface area (Å²) in [6.07, 6.45) is 9.18. The summed E-state index contributed by atoms with van der Waals surface area (Å²) in [5.41, 5.74) is 1.64. The molecule has 1 heterocycles. The first-order chi connectivity index (χ1) is 9.24. The lowest BCUT2D eigenvalue weighted by Crippen LogP contribution is -2.46. The van der Waals surface area contributed by atoms with Crippen molar-refractivity contribution in [1.82, 2.24) is 15.6 Å². The van der Waals surface area contributed by atoms with E-state index in [1.165, 1.54) is 49.2 Å². The third kappa shape index (κ3) is 4.55. The molecule has 1 aromatic rings. The first-order valence-corrected chi connectivity index (χ1v) is 8.43. The second kappa shape index (κ2) is 7.36. The largest absolute Gasteiger partial charge is 0.316 e. The molecule has 0 spiro atoms. The second-order valence-corrected chi connectivity index (χ2v) is 6.76. The Morgan fingerprint density at radius 2 is 2.05 bits per heavy atom. The zero-order valence-electron chi connectivity index (χ0n) is 12.3. The minimum Gasteiger partial charge on any atom is -0.316 e. The van der Waals surface area contributed by atoms with Gasteiger partial charge in [-0.2, -0.15) is 0 Å². The van der Waals surface area contributed by atoms with Crippen LogP contribution >= 0.6 is 11.3 Å². The van der Waals surface area contributed by atoms with E-state index >= 15 is 0 Å². The summed E-state index contributed by atoms with van der Waals surface area (Å²) in [5.74, 6) is 0.